The number of nitrogens with one attached hydrogen (secondary N) is 1. The normalized spacial score (nSPS) is 11.8. The number of hydrogen-bond donors (Lipinski definition) is 1. The van der Waals surface area contributed by atoms with Gasteiger partial charge in [-0.3, -0.25) is 4.79 Å². The molecule has 0 bridgehead atoms. The number of imidazole rings is 1. The van der Waals surface area contributed by atoms with Gasteiger partial charge in [-0.05, 0) is 29.8 Å². The summed E-state index contributed by atoms with van der Waals surface area (Å²) in [6.45, 7) is 0. The summed E-state index contributed by atoms with van der Waals surface area (Å²) in [5.41, 5.74) is 1.02. The topological polar surface area (TPSA) is 56.1 Å². The number of benzene rings is 2. The van der Waals surface area contributed by atoms with E-state index >= 15 is 0 Å². The summed E-state index contributed by atoms with van der Waals surface area (Å²) >= 11 is 1.65. The third-order valence-electron chi connectivity index (χ3n) is 4.21. The predicted molar refractivity (Wildman–Crippen MR) is 108 cm³/mol. The van der Waals surface area contributed by atoms with Crippen LogP contribution in [0.2, 0.25) is 0 Å². The molecule has 0 radical (unpaired) electrons. The third-order valence-corrected chi connectivity index (χ3v) is 5.23. The van der Waals surface area contributed by atoms with E-state index in [2.05, 4.69) is 10.3 Å². The zero-order chi connectivity index (χ0) is 19.1. The summed E-state index contributed by atoms with van der Waals surface area (Å²) in [6, 6.07) is 17.5. The number of methoxy groups -OCH3 is 1. The van der Waals surface area contributed by atoms with Crippen molar-refractivity contribution in [1.82, 2.24) is 14.9 Å². The van der Waals surface area contributed by atoms with Gasteiger partial charge in [0.15, 0.2) is 0 Å². The first kappa shape index (κ1) is 19.0. The first-order valence-electron chi connectivity index (χ1n) is 8.76. The van der Waals surface area contributed by atoms with Gasteiger partial charge in [-0.1, -0.05) is 30.3 Å². The summed E-state index contributed by atoms with van der Waals surface area (Å²) in [4.78, 5) is 18.1. The van der Waals surface area contributed by atoms with Crippen LogP contribution in [0, 0.1) is 0 Å². The molecule has 0 aliphatic carbocycles. The van der Waals surface area contributed by atoms with Crippen molar-refractivity contribution in [2.75, 3.05) is 12.9 Å². The van der Waals surface area contributed by atoms with Crippen LogP contribution < -0.4 is 10.1 Å². The Hall–Kier alpha value is -2.73. The van der Waals surface area contributed by atoms with E-state index in [4.69, 9.17) is 4.74 Å². The van der Waals surface area contributed by atoms with Gasteiger partial charge in [0.25, 0.3) is 0 Å². The van der Waals surface area contributed by atoms with Crippen LogP contribution in [0.5, 0.6) is 5.75 Å². The fourth-order valence-corrected chi connectivity index (χ4v) is 3.62. The molecule has 140 valence electrons. The minimum absolute atomic E-state index is 0.00728. The van der Waals surface area contributed by atoms with Crippen molar-refractivity contribution in [2.45, 2.75) is 17.4 Å². The predicted octanol–water partition coefficient (Wildman–Crippen LogP) is 3.82. The lowest BCUT2D eigenvalue weighted by Gasteiger charge is -2.19. The molecule has 0 aliphatic rings. The van der Waals surface area contributed by atoms with E-state index in [-0.39, 0.29) is 11.9 Å². The second-order valence-electron chi connectivity index (χ2n) is 6.08. The molecule has 1 atom stereocenters. The Labute approximate surface area is 163 Å². The van der Waals surface area contributed by atoms with Gasteiger partial charge in [0.2, 0.25) is 5.91 Å². The number of amides is 1. The SMILES string of the molecule is COc1ccc(SCCC(=O)NC(c2ccccc2)c2nccn2C)cc1. The second-order valence-corrected chi connectivity index (χ2v) is 7.25. The van der Waals surface area contributed by atoms with E-state index in [9.17, 15) is 4.79 Å². The molecular weight excluding hydrogens is 358 g/mol. The van der Waals surface area contributed by atoms with Crippen LogP contribution in [0.1, 0.15) is 23.9 Å². The van der Waals surface area contributed by atoms with Crippen molar-refractivity contribution in [3.8, 4) is 5.75 Å². The molecule has 1 amide bonds. The van der Waals surface area contributed by atoms with Gasteiger partial charge in [0.1, 0.15) is 17.6 Å². The van der Waals surface area contributed by atoms with Gasteiger partial charge in [-0.25, -0.2) is 4.98 Å². The van der Waals surface area contributed by atoms with Gasteiger partial charge in [0, 0.05) is 36.5 Å². The smallest absolute Gasteiger partial charge is 0.221 e. The van der Waals surface area contributed by atoms with Crippen molar-refractivity contribution < 1.29 is 9.53 Å². The molecule has 0 aliphatic heterocycles. The Bertz CT molecular complexity index is 863. The van der Waals surface area contributed by atoms with Gasteiger partial charge >= 0.3 is 0 Å². The summed E-state index contributed by atoms with van der Waals surface area (Å²) in [5, 5.41) is 3.13. The van der Waals surface area contributed by atoms with Crippen LogP contribution >= 0.6 is 11.8 Å². The lowest BCUT2D eigenvalue weighted by atomic mass is 10.1. The van der Waals surface area contributed by atoms with Crippen LogP contribution in [0.25, 0.3) is 0 Å². The lowest BCUT2D eigenvalue weighted by Crippen LogP contribution is -2.31. The Kier molecular flexibility index (Phi) is 6.54. The van der Waals surface area contributed by atoms with Crippen LogP contribution in [0.4, 0.5) is 0 Å². The Morgan fingerprint density at radius 3 is 2.56 bits per heavy atom. The summed E-state index contributed by atoms with van der Waals surface area (Å²) in [7, 11) is 3.58. The Morgan fingerprint density at radius 1 is 1.19 bits per heavy atom. The second kappa shape index (κ2) is 9.28. The zero-order valence-electron chi connectivity index (χ0n) is 15.5. The highest BCUT2D eigenvalue weighted by molar-refractivity contribution is 7.99. The van der Waals surface area contributed by atoms with Crippen LogP contribution in [0.3, 0.4) is 0 Å². The molecule has 0 saturated heterocycles. The van der Waals surface area contributed by atoms with E-state index in [0.29, 0.717) is 12.2 Å². The summed E-state index contributed by atoms with van der Waals surface area (Å²) in [6.07, 6.45) is 4.07. The molecule has 0 saturated carbocycles. The van der Waals surface area contributed by atoms with Gasteiger partial charge in [-0.2, -0.15) is 0 Å². The molecule has 1 heterocycles. The monoisotopic (exact) mass is 381 g/mol. The van der Waals surface area contributed by atoms with Crippen molar-refractivity contribution in [3.05, 3.63) is 78.4 Å². The van der Waals surface area contributed by atoms with Crippen LogP contribution in [0.15, 0.2) is 71.9 Å². The van der Waals surface area contributed by atoms with E-state index in [0.717, 1.165) is 22.0 Å². The molecule has 1 aromatic heterocycles. The quantitative estimate of drug-likeness (QED) is 0.603. The van der Waals surface area contributed by atoms with E-state index in [1.807, 2.05) is 72.4 Å². The summed E-state index contributed by atoms with van der Waals surface area (Å²) < 4.78 is 7.10. The minimum Gasteiger partial charge on any atom is -0.497 e. The molecule has 3 aromatic rings. The fourth-order valence-electron chi connectivity index (χ4n) is 2.76. The number of carbonyl (C=O) groups is 1. The number of thioether (sulfide) groups is 1. The van der Waals surface area contributed by atoms with Crippen molar-refractivity contribution in [1.29, 1.82) is 0 Å². The van der Waals surface area contributed by atoms with Gasteiger partial charge in [0.05, 0.1) is 7.11 Å². The largest absolute Gasteiger partial charge is 0.497 e. The molecule has 6 heteroatoms. The molecule has 27 heavy (non-hydrogen) atoms. The standard InChI is InChI=1S/C21H23N3O2S/c1-24-14-13-22-21(24)20(16-6-4-3-5-7-16)23-19(25)12-15-27-18-10-8-17(26-2)9-11-18/h3-11,13-14,20H,12,15H2,1-2H3,(H,23,25). The molecule has 5 nitrogen and oxygen atoms in total. The lowest BCUT2D eigenvalue weighted by molar-refractivity contribution is -0.121. The van der Waals surface area contributed by atoms with Gasteiger partial charge < -0.3 is 14.6 Å². The molecule has 0 spiro atoms. The zero-order valence-corrected chi connectivity index (χ0v) is 16.3. The van der Waals surface area contributed by atoms with Crippen LogP contribution in [-0.4, -0.2) is 28.3 Å². The average Bonchev–Trinajstić information content (AvgIpc) is 3.13. The number of nitrogens with zero attached hydrogens (tertiary/aromatic N) is 2. The highest BCUT2D eigenvalue weighted by Gasteiger charge is 2.20. The molecule has 0 fully saturated rings. The van der Waals surface area contributed by atoms with E-state index < -0.39 is 0 Å². The number of aromatic nitrogens is 2. The molecule has 3 rings (SSSR count). The summed E-state index contributed by atoms with van der Waals surface area (Å²) in [5.74, 6) is 2.36. The minimum atomic E-state index is -0.260. The highest BCUT2D eigenvalue weighted by Crippen LogP contribution is 2.23. The first-order valence-corrected chi connectivity index (χ1v) is 9.74. The molecule has 1 unspecified atom stereocenters. The Balaban J connectivity index is 1.60. The fraction of sp³-hybridized carbons (Fsp3) is 0.238. The first-order chi connectivity index (χ1) is 13.2. The van der Waals surface area contributed by atoms with Gasteiger partial charge in [-0.15, -0.1) is 11.8 Å². The van der Waals surface area contributed by atoms with Crippen LogP contribution in [-0.2, 0) is 11.8 Å². The number of rotatable bonds is 8. The number of ether oxygens (including phenoxy) is 1. The molecule has 1 N–H and O–H groups in total. The van der Waals surface area contributed by atoms with Crippen molar-refractivity contribution in [3.63, 3.8) is 0 Å². The van der Waals surface area contributed by atoms with Crippen molar-refractivity contribution >= 4 is 17.7 Å². The number of hydrogen-bond acceptors (Lipinski definition) is 4. The number of carbonyl (C=O) groups excluding carboxylic acids is 1. The van der Waals surface area contributed by atoms with E-state index in [1.54, 1.807) is 25.1 Å². The third kappa shape index (κ3) is 5.14. The maximum Gasteiger partial charge on any atom is 0.221 e. The molecule has 2 aromatic carbocycles. The maximum absolute atomic E-state index is 12.5. The molecular formula is C21H23N3O2S. The van der Waals surface area contributed by atoms with Crippen molar-refractivity contribution in [2.24, 2.45) is 7.05 Å². The maximum atomic E-state index is 12.5. The Morgan fingerprint density at radius 2 is 1.93 bits per heavy atom. The average molecular weight is 382 g/mol. The number of aryl methyl sites for hydroxylation is 1. The highest BCUT2D eigenvalue weighted by atomic mass is 32.2. The van der Waals surface area contributed by atoms with E-state index in [1.165, 1.54) is 0 Å².